The van der Waals surface area contributed by atoms with Crippen LogP contribution in [-0.4, -0.2) is 16.1 Å². The molecule has 0 amide bonds. The largest absolute Gasteiger partial charge is 0.468 e. The SMILES string of the molecule is Cc1cnc(=O)n(CCNCc2ccco2)c1. The number of nitrogens with one attached hydrogen (secondary N) is 1. The Bertz CT molecular complexity index is 517. The van der Waals surface area contributed by atoms with E-state index in [-0.39, 0.29) is 5.69 Å². The van der Waals surface area contributed by atoms with E-state index in [1.54, 1.807) is 17.0 Å². The van der Waals surface area contributed by atoms with Gasteiger partial charge in [-0.05, 0) is 24.6 Å². The molecule has 2 aromatic heterocycles. The number of hydrogen-bond acceptors (Lipinski definition) is 4. The Morgan fingerprint density at radius 2 is 2.41 bits per heavy atom. The predicted molar refractivity (Wildman–Crippen MR) is 63.6 cm³/mol. The molecule has 0 spiro atoms. The number of furan rings is 1. The van der Waals surface area contributed by atoms with E-state index in [2.05, 4.69) is 10.3 Å². The number of hydrogen-bond donors (Lipinski definition) is 1. The van der Waals surface area contributed by atoms with E-state index in [1.807, 2.05) is 25.3 Å². The van der Waals surface area contributed by atoms with Crippen LogP contribution in [-0.2, 0) is 13.1 Å². The molecule has 2 heterocycles. The van der Waals surface area contributed by atoms with Crippen LogP contribution in [0.25, 0.3) is 0 Å². The summed E-state index contributed by atoms with van der Waals surface area (Å²) in [5.74, 6) is 0.889. The summed E-state index contributed by atoms with van der Waals surface area (Å²) in [6.45, 7) is 3.89. The zero-order valence-electron chi connectivity index (χ0n) is 9.72. The van der Waals surface area contributed by atoms with Crippen molar-refractivity contribution in [3.05, 3.63) is 52.6 Å². The molecule has 2 rings (SSSR count). The van der Waals surface area contributed by atoms with Gasteiger partial charge in [-0.3, -0.25) is 4.57 Å². The quantitative estimate of drug-likeness (QED) is 0.781. The van der Waals surface area contributed by atoms with Crippen LogP contribution in [0.3, 0.4) is 0 Å². The molecule has 0 unspecified atom stereocenters. The third kappa shape index (κ3) is 3.29. The lowest BCUT2D eigenvalue weighted by atomic mass is 10.4. The summed E-state index contributed by atoms with van der Waals surface area (Å²) in [6.07, 6.45) is 5.03. The van der Waals surface area contributed by atoms with Crippen LogP contribution in [0.4, 0.5) is 0 Å². The molecule has 0 saturated carbocycles. The van der Waals surface area contributed by atoms with Crippen molar-refractivity contribution >= 4 is 0 Å². The highest BCUT2D eigenvalue weighted by Crippen LogP contribution is 1.98. The van der Waals surface area contributed by atoms with E-state index in [1.165, 1.54) is 0 Å². The summed E-state index contributed by atoms with van der Waals surface area (Å²) < 4.78 is 6.79. The molecule has 0 aliphatic rings. The lowest BCUT2D eigenvalue weighted by molar-refractivity contribution is 0.473. The van der Waals surface area contributed by atoms with Gasteiger partial charge < -0.3 is 9.73 Å². The molecule has 0 bridgehead atoms. The van der Waals surface area contributed by atoms with Gasteiger partial charge in [0.1, 0.15) is 5.76 Å². The van der Waals surface area contributed by atoms with E-state index in [0.29, 0.717) is 19.6 Å². The van der Waals surface area contributed by atoms with Gasteiger partial charge in [0.15, 0.2) is 0 Å². The van der Waals surface area contributed by atoms with E-state index in [9.17, 15) is 4.79 Å². The molecule has 0 saturated heterocycles. The van der Waals surface area contributed by atoms with Crippen molar-refractivity contribution in [2.24, 2.45) is 0 Å². The molecule has 0 aliphatic carbocycles. The molecule has 17 heavy (non-hydrogen) atoms. The smallest absolute Gasteiger partial charge is 0.347 e. The third-order valence-electron chi connectivity index (χ3n) is 2.39. The van der Waals surface area contributed by atoms with Crippen molar-refractivity contribution in [2.45, 2.75) is 20.0 Å². The van der Waals surface area contributed by atoms with Gasteiger partial charge in [0.2, 0.25) is 0 Å². The molecule has 5 nitrogen and oxygen atoms in total. The van der Waals surface area contributed by atoms with Gasteiger partial charge in [-0.1, -0.05) is 0 Å². The summed E-state index contributed by atoms with van der Waals surface area (Å²) in [5, 5.41) is 3.20. The van der Waals surface area contributed by atoms with Crippen LogP contribution in [0.5, 0.6) is 0 Å². The van der Waals surface area contributed by atoms with Crippen molar-refractivity contribution < 1.29 is 4.42 Å². The minimum Gasteiger partial charge on any atom is -0.468 e. The highest BCUT2D eigenvalue weighted by Gasteiger charge is 1.98. The molecule has 90 valence electrons. The molecule has 0 radical (unpaired) electrons. The van der Waals surface area contributed by atoms with Gasteiger partial charge in [-0.25, -0.2) is 9.78 Å². The first-order valence-corrected chi connectivity index (χ1v) is 5.52. The van der Waals surface area contributed by atoms with Crippen LogP contribution in [0.15, 0.2) is 40.0 Å². The minimum absolute atomic E-state index is 0.213. The molecule has 0 aromatic carbocycles. The van der Waals surface area contributed by atoms with Gasteiger partial charge in [0.25, 0.3) is 0 Å². The zero-order chi connectivity index (χ0) is 12.1. The first-order valence-electron chi connectivity index (χ1n) is 5.52. The number of aryl methyl sites for hydroxylation is 1. The molecule has 0 aliphatic heterocycles. The minimum atomic E-state index is -0.213. The summed E-state index contributed by atoms with van der Waals surface area (Å²) >= 11 is 0. The van der Waals surface area contributed by atoms with Gasteiger partial charge >= 0.3 is 5.69 Å². The number of rotatable bonds is 5. The standard InChI is InChI=1S/C12H15N3O2/c1-10-7-14-12(16)15(9-10)5-4-13-8-11-3-2-6-17-11/h2-3,6-7,9,13H,4-5,8H2,1H3. The molecule has 5 heteroatoms. The maximum Gasteiger partial charge on any atom is 0.347 e. The van der Waals surface area contributed by atoms with E-state index in [0.717, 1.165) is 11.3 Å². The Balaban J connectivity index is 1.82. The van der Waals surface area contributed by atoms with Crippen molar-refractivity contribution in [3.8, 4) is 0 Å². The number of nitrogens with zero attached hydrogens (tertiary/aromatic N) is 2. The van der Waals surface area contributed by atoms with Crippen molar-refractivity contribution in [3.63, 3.8) is 0 Å². The fourth-order valence-corrected chi connectivity index (χ4v) is 1.55. The van der Waals surface area contributed by atoms with E-state index < -0.39 is 0 Å². The molecule has 2 aromatic rings. The highest BCUT2D eigenvalue weighted by molar-refractivity contribution is 5.00. The van der Waals surface area contributed by atoms with Crippen LogP contribution >= 0.6 is 0 Å². The van der Waals surface area contributed by atoms with Crippen LogP contribution < -0.4 is 11.0 Å². The first kappa shape index (κ1) is 11.6. The Hall–Kier alpha value is -1.88. The third-order valence-corrected chi connectivity index (χ3v) is 2.39. The lowest BCUT2D eigenvalue weighted by Crippen LogP contribution is -2.28. The predicted octanol–water partition coefficient (Wildman–Crippen LogP) is 0.935. The second-order valence-electron chi connectivity index (χ2n) is 3.86. The van der Waals surface area contributed by atoms with Gasteiger partial charge in [0, 0.05) is 25.5 Å². The first-order chi connectivity index (χ1) is 8.25. The average molecular weight is 233 g/mol. The maximum absolute atomic E-state index is 11.4. The van der Waals surface area contributed by atoms with Crippen molar-refractivity contribution in [1.29, 1.82) is 0 Å². The molecular weight excluding hydrogens is 218 g/mol. The second-order valence-corrected chi connectivity index (χ2v) is 3.86. The fraction of sp³-hybridized carbons (Fsp3) is 0.333. The Labute approximate surface area is 99.1 Å². The van der Waals surface area contributed by atoms with Gasteiger partial charge in [-0.15, -0.1) is 0 Å². The second kappa shape index (κ2) is 5.45. The monoisotopic (exact) mass is 233 g/mol. The van der Waals surface area contributed by atoms with Gasteiger partial charge in [-0.2, -0.15) is 0 Å². The lowest BCUT2D eigenvalue weighted by Gasteiger charge is -2.06. The summed E-state index contributed by atoms with van der Waals surface area (Å²) in [6, 6.07) is 3.76. The van der Waals surface area contributed by atoms with Crippen LogP contribution in [0, 0.1) is 6.92 Å². The Morgan fingerprint density at radius 1 is 1.53 bits per heavy atom. The highest BCUT2D eigenvalue weighted by atomic mass is 16.3. The van der Waals surface area contributed by atoms with Crippen LogP contribution in [0.1, 0.15) is 11.3 Å². The summed E-state index contributed by atoms with van der Waals surface area (Å²) in [4.78, 5) is 15.2. The summed E-state index contributed by atoms with van der Waals surface area (Å²) in [7, 11) is 0. The Kier molecular flexibility index (Phi) is 3.72. The maximum atomic E-state index is 11.4. The summed E-state index contributed by atoms with van der Waals surface area (Å²) in [5.41, 5.74) is 0.769. The normalized spacial score (nSPS) is 10.6. The topological polar surface area (TPSA) is 60.1 Å². The van der Waals surface area contributed by atoms with Crippen molar-refractivity contribution in [2.75, 3.05) is 6.54 Å². The van der Waals surface area contributed by atoms with Crippen LogP contribution in [0.2, 0.25) is 0 Å². The number of aromatic nitrogens is 2. The average Bonchev–Trinajstić information content (AvgIpc) is 2.82. The molecule has 0 fully saturated rings. The molecular formula is C12H15N3O2. The Morgan fingerprint density at radius 3 is 3.18 bits per heavy atom. The van der Waals surface area contributed by atoms with Crippen molar-refractivity contribution in [1.82, 2.24) is 14.9 Å². The zero-order valence-corrected chi connectivity index (χ0v) is 9.72. The molecule has 0 atom stereocenters. The van der Waals surface area contributed by atoms with E-state index in [4.69, 9.17) is 4.42 Å². The fourth-order valence-electron chi connectivity index (χ4n) is 1.55. The molecule has 1 N–H and O–H groups in total. The van der Waals surface area contributed by atoms with E-state index >= 15 is 0 Å². The van der Waals surface area contributed by atoms with Gasteiger partial charge in [0.05, 0.1) is 12.8 Å².